The van der Waals surface area contributed by atoms with E-state index in [0.717, 1.165) is 23.4 Å². The number of carboxylic acid groups (broad SMARTS) is 1. The molecule has 2 aromatic carbocycles. The average molecular weight is 465 g/mol. The van der Waals surface area contributed by atoms with Gasteiger partial charge in [-0.1, -0.05) is 12.1 Å². The second-order valence-electron chi connectivity index (χ2n) is 6.57. The Balaban J connectivity index is 1.66. The van der Waals surface area contributed by atoms with Gasteiger partial charge in [-0.15, -0.1) is 0 Å². The van der Waals surface area contributed by atoms with Gasteiger partial charge in [-0.3, -0.25) is 9.59 Å². The number of carboxylic acids is 1. The van der Waals surface area contributed by atoms with Gasteiger partial charge in [-0.2, -0.15) is 11.8 Å². The van der Waals surface area contributed by atoms with Crippen LogP contribution in [-0.4, -0.2) is 49.3 Å². The van der Waals surface area contributed by atoms with Crippen molar-refractivity contribution in [3.63, 3.8) is 0 Å². The summed E-state index contributed by atoms with van der Waals surface area (Å²) in [7, 11) is 3.22. The number of nitrogens with one attached hydrogen (secondary N) is 2. The normalized spacial score (nSPS) is 10.4. The maximum absolute atomic E-state index is 11.7. The van der Waals surface area contributed by atoms with Gasteiger partial charge in [0, 0.05) is 28.9 Å². The molecule has 3 N–H and O–H groups in total. The van der Waals surface area contributed by atoms with Crippen LogP contribution in [0.15, 0.2) is 47.4 Å². The minimum atomic E-state index is -0.839. The number of carbonyl (C=O) groups excluding carboxylic acids is 1. The lowest BCUT2D eigenvalue weighted by Gasteiger charge is -2.11. The summed E-state index contributed by atoms with van der Waals surface area (Å²) in [5.74, 6) is 1.22. The monoisotopic (exact) mass is 464 g/mol. The molecular formula is C22H28N2O5S2. The summed E-state index contributed by atoms with van der Waals surface area (Å²) in [6.45, 7) is 0.607. The van der Waals surface area contributed by atoms with Crippen molar-refractivity contribution < 1.29 is 24.2 Å². The number of thioether (sulfide) groups is 1. The third-order valence-corrected chi connectivity index (χ3v) is 6.06. The molecule has 2 aromatic rings. The molecule has 0 spiro atoms. The van der Waals surface area contributed by atoms with Gasteiger partial charge < -0.3 is 24.6 Å². The molecule has 0 aliphatic heterocycles. The highest BCUT2D eigenvalue weighted by Crippen LogP contribution is 2.31. The molecule has 31 heavy (non-hydrogen) atoms. The highest BCUT2D eigenvalue weighted by atomic mass is 32.2. The lowest BCUT2D eigenvalue weighted by molar-refractivity contribution is -0.136. The average Bonchev–Trinajstić information content (AvgIpc) is 2.78. The minimum absolute atomic E-state index is 0.0524. The number of methoxy groups -OCH3 is 2. The Kier molecular flexibility index (Phi) is 10.9. The van der Waals surface area contributed by atoms with Crippen molar-refractivity contribution >= 4 is 41.3 Å². The van der Waals surface area contributed by atoms with Crippen molar-refractivity contribution in [2.45, 2.75) is 24.2 Å². The first-order valence-electron chi connectivity index (χ1n) is 9.82. The number of hydrogen-bond acceptors (Lipinski definition) is 7. The summed E-state index contributed by atoms with van der Waals surface area (Å²) in [6, 6.07) is 14.0. The van der Waals surface area contributed by atoms with Crippen molar-refractivity contribution in [3.8, 4) is 11.5 Å². The van der Waals surface area contributed by atoms with E-state index in [1.54, 1.807) is 14.2 Å². The van der Waals surface area contributed by atoms with Crippen LogP contribution in [0.2, 0.25) is 0 Å². The fraction of sp³-hybridized carbons (Fsp3) is 0.364. The highest BCUT2D eigenvalue weighted by molar-refractivity contribution is 8.00. The number of rotatable bonds is 14. The summed E-state index contributed by atoms with van der Waals surface area (Å²) >= 11 is 2.85. The van der Waals surface area contributed by atoms with Crippen LogP contribution in [0, 0.1) is 0 Å². The van der Waals surface area contributed by atoms with Crippen LogP contribution in [0.3, 0.4) is 0 Å². The van der Waals surface area contributed by atoms with Crippen LogP contribution in [0.1, 0.15) is 18.4 Å². The molecule has 0 unspecified atom stereocenters. The zero-order chi connectivity index (χ0) is 22.5. The van der Waals surface area contributed by atoms with E-state index in [0.29, 0.717) is 29.5 Å². The van der Waals surface area contributed by atoms with E-state index in [4.69, 9.17) is 14.6 Å². The molecule has 0 saturated heterocycles. The molecule has 2 rings (SSSR count). The molecular weight excluding hydrogens is 436 g/mol. The molecule has 168 valence electrons. The molecule has 0 fully saturated rings. The van der Waals surface area contributed by atoms with Crippen LogP contribution in [0.5, 0.6) is 11.5 Å². The first-order chi connectivity index (χ1) is 15.0. The number of carbonyl (C=O) groups is 2. The third-order valence-electron chi connectivity index (χ3n) is 4.25. The number of aliphatic carboxylic acids is 1. The van der Waals surface area contributed by atoms with Crippen molar-refractivity contribution in [1.82, 2.24) is 5.32 Å². The predicted molar refractivity (Wildman–Crippen MR) is 126 cm³/mol. The number of benzene rings is 2. The predicted octanol–water partition coefficient (Wildman–Crippen LogP) is 4.08. The fourth-order valence-corrected chi connectivity index (χ4v) is 4.02. The Bertz CT molecular complexity index is 846. The molecule has 0 heterocycles. The first kappa shape index (κ1) is 24.7. The van der Waals surface area contributed by atoms with Gasteiger partial charge in [0.05, 0.1) is 26.4 Å². The summed E-state index contributed by atoms with van der Waals surface area (Å²) in [6.07, 6.45) is 1.80. The fourth-order valence-electron chi connectivity index (χ4n) is 2.64. The molecule has 0 atom stereocenters. The standard InChI is InChI=1S/C22H28N2O5S2/c1-28-19-10-7-17(14-20(19)29-2)24-31-18-8-5-16(6-9-18)4-3-12-23-21(25)15-30-13-11-22(26)27/h5-10,14,24H,3-4,11-13,15H2,1-2H3,(H,23,25)(H,26,27). The molecule has 9 heteroatoms. The number of amides is 1. The largest absolute Gasteiger partial charge is 0.493 e. The van der Waals surface area contributed by atoms with Gasteiger partial charge in [-0.25, -0.2) is 0 Å². The molecule has 1 amide bonds. The molecule has 7 nitrogen and oxygen atoms in total. The van der Waals surface area contributed by atoms with Gasteiger partial charge in [0.2, 0.25) is 5.91 Å². The Morgan fingerprint density at radius 3 is 2.45 bits per heavy atom. The Labute approximate surface area is 191 Å². The smallest absolute Gasteiger partial charge is 0.304 e. The van der Waals surface area contributed by atoms with Crippen LogP contribution >= 0.6 is 23.7 Å². The number of anilines is 1. The third kappa shape index (κ3) is 9.44. The van der Waals surface area contributed by atoms with E-state index in [9.17, 15) is 9.59 Å². The maximum atomic E-state index is 11.7. The van der Waals surface area contributed by atoms with E-state index >= 15 is 0 Å². The number of hydrogen-bond donors (Lipinski definition) is 3. The van der Waals surface area contributed by atoms with Gasteiger partial charge in [0.25, 0.3) is 0 Å². The van der Waals surface area contributed by atoms with E-state index < -0.39 is 5.97 Å². The lowest BCUT2D eigenvalue weighted by Crippen LogP contribution is -2.26. The Morgan fingerprint density at radius 2 is 1.77 bits per heavy atom. The maximum Gasteiger partial charge on any atom is 0.304 e. The van der Waals surface area contributed by atoms with Gasteiger partial charge in [0.15, 0.2) is 11.5 Å². The molecule has 0 aliphatic carbocycles. The quantitative estimate of drug-likeness (QED) is 0.284. The van der Waals surface area contributed by atoms with E-state index in [2.05, 4.69) is 34.3 Å². The Hall–Kier alpha value is -2.52. The minimum Gasteiger partial charge on any atom is -0.493 e. The zero-order valence-corrected chi connectivity index (χ0v) is 19.3. The van der Waals surface area contributed by atoms with Crippen molar-refractivity contribution in [2.24, 2.45) is 0 Å². The van der Waals surface area contributed by atoms with Gasteiger partial charge in [0.1, 0.15) is 0 Å². The van der Waals surface area contributed by atoms with Crippen LogP contribution in [0.25, 0.3) is 0 Å². The van der Waals surface area contributed by atoms with E-state index in [1.807, 2.05) is 18.2 Å². The second kappa shape index (κ2) is 13.7. The summed E-state index contributed by atoms with van der Waals surface area (Å²) in [5, 5.41) is 11.4. The molecule has 0 radical (unpaired) electrons. The molecule has 0 saturated carbocycles. The SMILES string of the molecule is COc1ccc(NSc2ccc(CCCNC(=O)CSCCC(=O)O)cc2)cc1OC. The van der Waals surface area contributed by atoms with Gasteiger partial charge >= 0.3 is 5.97 Å². The first-order valence-corrected chi connectivity index (χ1v) is 11.8. The molecule has 0 aliphatic rings. The van der Waals surface area contributed by atoms with E-state index in [-0.39, 0.29) is 12.3 Å². The summed E-state index contributed by atoms with van der Waals surface area (Å²) < 4.78 is 13.9. The van der Waals surface area contributed by atoms with Crippen LogP contribution in [-0.2, 0) is 16.0 Å². The number of aryl methyl sites for hydroxylation is 1. The Morgan fingerprint density at radius 1 is 1.03 bits per heavy atom. The topological polar surface area (TPSA) is 96.9 Å². The number of ether oxygens (including phenoxy) is 2. The lowest BCUT2D eigenvalue weighted by atomic mass is 10.1. The second-order valence-corrected chi connectivity index (χ2v) is 8.55. The van der Waals surface area contributed by atoms with Gasteiger partial charge in [-0.05, 0) is 54.6 Å². The molecule has 0 bridgehead atoms. The van der Waals surface area contributed by atoms with Crippen molar-refractivity contribution in [1.29, 1.82) is 0 Å². The molecule has 0 aromatic heterocycles. The highest BCUT2D eigenvalue weighted by Gasteiger charge is 2.05. The van der Waals surface area contributed by atoms with E-state index in [1.165, 1.54) is 29.3 Å². The summed E-state index contributed by atoms with van der Waals surface area (Å²) in [5.41, 5.74) is 2.13. The zero-order valence-electron chi connectivity index (χ0n) is 17.7. The van der Waals surface area contributed by atoms with Crippen molar-refractivity contribution in [3.05, 3.63) is 48.0 Å². The van der Waals surface area contributed by atoms with Crippen molar-refractivity contribution in [2.75, 3.05) is 37.0 Å². The summed E-state index contributed by atoms with van der Waals surface area (Å²) in [4.78, 5) is 23.2. The van der Waals surface area contributed by atoms with Crippen LogP contribution in [0.4, 0.5) is 5.69 Å². The van der Waals surface area contributed by atoms with Crippen LogP contribution < -0.4 is 19.5 Å².